The number of nitrogens with zero attached hydrogens (tertiary/aromatic N) is 2. The molecule has 0 spiro atoms. The van der Waals surface area contributed by atoms with Crippen LogP contribution in [0, 0.1) is 13.7 Å². The van der Waals surface area contributed by atoms with Gasteiger partial charge >= 0.3 is 11.7 Å². The Hall–Kier alpha value is -1.06. The highest BCUT2D eigenvalue weighted by molar-refractivity contribution is 14.1. The average Bonchev–Trinajstić information content (AvgIpc) is 2.16. The Labute approximate surface area is 96.7 Å². The minimum atomic E-state index is -2.93. The van der Waals surface area contributed by atoms with Crippen molar-refractivity contribution in [2.45, 2.75) is 6.43 Å². The summed E-state index contributed by atoms with van der Waals surface area (Å²) in [6, 6.07) is 0.995. The SMILES string of the molecule is COc1nc([N+](=O)[O-])c(C(F)F)cc1I. The molecule has 0 aliphatic carbocycles. The van der Waals surface area contributed by atoms with E-state index in [1.165, 1.54) is 7.11 Å². The Morgan fingerprint density at radius 3 is 2.67 bits per heavy atom. The van der Waals surface area contributed by atoms with Gasteiger partial charge in [-0.3, -0.25) is 0 Å². The van der Waals surface area contributed by atoms with Gasteiger partial charge in [0.05, 0.1) is 7.11 Å². The summed E-state index contributed by atoms with van der Waals surface area (Å²) < 4.78 is 29.8. The van der Waals surface area contributed by atoms with Crippen LogP contribution in [0.3, 0.4) is 0 Å². The molecule has 5 nitrogen and oxygen atoms in total. The second-order valence-electron chi connectivity index (χ2n) is 2.45. The van der Waals surface area contributed by atoms with Crippen LogP contribution in [-0.2, 0) is 0 Å². The molecule has 0 N–H and O–H groups in total. The number of hydrogen-bond donors (Lipinski definition) is 0. The zero-order valence-corrected chi connectivity index (χ0v) is 9.57. The van der Waals surface area contributed by atoms with E-state index in [-0.39, 0.29) is 5.88 Å². The van der Waals surface area contributed by atoms with Gasteiger partial charge in [0.2, 0.25) is 0 Å². The van der Waals surface area contributed by atoms with Gasteiger partial charge in [-0.05, 0) is 33.6 Å². The first-order valence-corrected chi connectivity index (χ1v) is 4.72. The number of aromatic nitrogens is 1. The maximum atomic E-state index is 12.4. The Morgan fingerprint density at radius 2 is 2.27 bits per heavy atom. The highest BCUT2D eigenvalue weighted by Gasteiger charge is 2.27. The molecule has 1 aromatic rings. The average molecular weight is 330 g/mol. The van der Waals surface area contributed by atoms with Crippen molar-refractivity contribution in [2.24, 2.45) is 0 Å². The van der Waals surface area contributed by atoms with Gasteiger partial charge in [-0.2, -0.15) is 0 Å². The highest BCUT2D eigenvalue weighted by Crippen LogP contribution is 2.32. The van der Waals surface area contributed by atoms with Crippen LogP contribution in [0.1, 0.15) is 12.0 Å². The van der Waals surface area contributed by atoms with E-state index < -0.39 is 22.7 Å². The first-order chi connectivity index (χ1) is 6.97. The summed E-state index contributed by atoms with van der Waals surface area (Å²) in [6.07, 6.45) is -2.93. The van der Waals surface area contributed by atoms with Gasteiger partial charge in [-0.25, -0.2) is 8.78 Å². The summed E-state index contributed by atoms with van der Waals surface area (Å²) >= 11 is 1.72. The Bertz CT molecular complexity index is 400. The molecule has 0 unspecified atom stereocenters. The monoisotopic (exact) mass is 330 g/mol. The number of hydrogen-bond acceptors (Lipinski definition) is 4. The van der Waals surface area contributed by atoms with E-state index in [9.17, 15) is 18.9 Å². The van der Waals surface area contributed by atoms with Crippen LogP contribution in [0.2, 0.25) is 0 Å². The summed E-state index contributed by atoms with van der Waals surface area (Å²) in [7, 11) is 1.26. The molecule has 1 rings (SSSR count). The van der Waals surface area contributed by atoms with E-state index in [0.29, 0.717) is 3.57 Å². The van der Waals surface area contributed by atoms with Crippen LogP contribution in [0.5, 0.6) is 5.88 Å². The van der Waals surface area contributed by atoms with Gasteiger partial charge in [0.15, 0.2) is 0 Å². The molecular weight excluding hydrogens is 325 g/mol. The van der Waals surface area contributed by atoms with E-state index in [4.69, 9.17) is 4.74 Å². The molecule has 0 atom stereocenters. The van der Waals surface area contributed by atoms with Crippen LogP contribution >= 0.6 is 22.6 Å². The third-order valence-electron chi connectivity index (χ3n) is 1.55. The first kappa shape index (κ1) is 12.0. The van der Waals surface area contributed by atoms with Crippen LogP contribution in [-0.4, -0.2) is 17.0 Å². The van der Waals surface area contributed by atoms with Gasteiger partial charge in [0.25, 0.3) is 6.43 Å². The third kappa shape index (κ3) is 2.49. The van der Waals surface area contributed by atoms with Crippen LogP contribution in [0.25, 0.3) is 0 Å². The summed E-state index contributed by atoms with van der Waals surface area (Å²) in [5.74, 6) is -0.908. The summed E-state index contributed by atoms with van der Waals surface area (Å²) in [5, 5.41) is 10.5. The smallest absolute Gasteiger partial charge is 0.376 e. The number of nitro groups is 1. The Kier molecular flexibility index (Phi) is 3.72. The Morgan fingerprint density at radius 1 is 1.67 bits per heavy atom. The molecular formula is C7H5F2IN2O3. The standard InChI is InChI=1S/C7H5F2IN2O3/c1-15-7-4(10)2-3(5(8)9)6(11-7)12(13)14/h2,5H,1H3. The van der Waals surface area contributed by atoms with E-state index in [1.807, 2.05) is 0 Å². The van der Waals surface area contributed by atoms with Crippen LogP contribution in [0.4, 0.5) is 14.6 Å². The zero-order valence-electron chi connectivity index (χ0n) is 7.41. The molecule has 82 valence electrons. The van der Waals surface area contributed by atoms with E-state index in [1.54, 1.807) is 22.6 Å². The minimum absolute atomic E-state index is 0.0355. The van der Waals surface area contributed by atoms with Gasteiger partial charge in [-0.15, -0.1) is 0 Å². The lowest BCUT2D eigenvalue weighted by Crippen LogP contribution is -2.02. The van der Waals surface area contributed by atoms with Crippen molar-refractivity contribution in [1.29, 1.82) is 0 Å². The van der Waals surface area contributed by atoms with Crippen molar-refractivity contribution >= 4 is 28.4 Å². The highest BCUT2D eigenvalue weighted by atomic mass is 127. The summed E-state index contributed by atoms with van der Waals surface area (Å²) in [4.78, 5) is 12.9. The molecule has 0 fully saturated rings. The van der Waals surface area contributed by atoms with Gasteiger partial charge < -0.3 is 14.9 Å². The van der Waals surface area contributed by atoms with E-state index in [0.717, 1.165) is 6.07 Å². The zero-order chi connectivity index (χ0) is 11.6. The van der Waals surface area contributed by atoms with Crippen molar-refractivity contribution in [3.8, 4) is 5.88 Å². The molecule has 1 aromatic heterocycles. The maximum Gasteiger partial charge on any atom is 0.376 e. The fourth-order valence-corrected chi connectivity index (χ4v) is 1.60. The van der Waals surface area contributed by atoms with Crippen molar-refractivity contribution < 1.29 is 18.4 Å². The molecule has 0 aliphatic heterocycles. The molecule has 0 saturated heterocycles. The number of alkyl halides is 2. The van der Waals surface area contributed by atoms with Gasteiger partial charge in [-0.1, -0.05) is 0 Å². The first-order valence-electron chi connectivity index (χ1n) is 3.64. The third-order valence-corrected chi connectivity index (χ3v) is 2.33. The van der Waals surface area contributed by atoms with E-state index >= 15 is 0 Å². The van der Waals surface area contributed by atoms with Crippen molar-refractivity contribution in [2.75, 3.05) is 7.11 Å². The molecule has 8 heteroatoms. The van der Waals surface area contributed by atoms with E-state index in [2.05, 4.69) is 4.98 Å². The van der Waals surface area contributed by atoms with Crippen LogP contribution < -0.4 is 4.74 Å². The van der Waals surface area contributed by atoms with Crippen molar-refractivity contribution in [1.82, 2.24) is 4.98 Å². The minimum Gasteiger partial charge on any atom is -0.462 e. The molecule has 0 aromatic carbocycles. The number of rotatable bonds is 3. The number of methoxy groups -OCH3 is 1. The second kappa shape index (κ2) is 4.64. The van der Waals surface area contributed by atoms with Crippen molar-refractivity contribution in [3.05, 3.63) is 25.3 Å². The topological polar surface area (TPSA) is 65.3 Å². The molecule has 1 heterocycles. The molecule has 0 amide bonds. The lowest BCUT2D eigenvalue weighted by molar-refractivity contribution is -0.391. The van der Waals surface area contributed by atoms with Gasteiger partial charge in [0.1, 0.15) is 9.13 Å². The predicted octanol–water partition coefficient (Wildman–Crippen LogP) is 2.54. The molecule has 0 radical (unpaired) electrons. The van der Waals surface area contributed by atoms with Crippen molar-refractivity contribution in [3.63, 3.8) is 0 Å². The molecule has 15 heavy (non-hydrogen) atoms. The van der Waals surface area contributed by atoms with Crippen LogP contribution in [0.15, 0.2) is 6.07 Å². The lowest BCUT2D eigenvalue weighted by atomic mass is 10.2. The second-order valence-corrected chi connectivity index (χ2v) is 3.61. The fourth-order valence-electron chi connectivity index (χ4n) is 0.927. The predicted molar refractivity (Wildman–Crippen MR) is 55.1 cm³/mol. The lowest BCUT2D eigenvalue weighted by Gasteiger charge is -2.03. The summed E-state index contributed by atoms with van der Waals surface area (Å²) in [5.41, 5.74) is -0.704. The maximum absolute atomic E-state index is 12.4. The summed E-state index contributed by atoms with van der Waals surface area (Å²) in [6.45, 7) is 0. The number of ether oxygens (including phenoxy) is 1. The fraction of sp³-hybridized carbons (Fsp3) is 0.286. The molecule has 0 bridgehead atoms. The normalized spacial score (nSPS) is 10.5. The molecule has 0 aliphatic rings. The quantitative estimate of drug-likeness (QED) is 0.485. The number of halogens is 3. The Balaban J connectivity index is 3.39. The molecule has 0 saturated carbocycles. The van der Waals surface area contributed by atoms with Gasteiger partial charge in [0, 0.05) is 4.98 Å². The largest absolute Gasteiger partial charge is 0.462 e. The number of pyridine rings is 1.